The lowest BCUT2D eigenvalue weighted by atomic mass is 9.81. The molecule has 1 aromatic heterocycles. The van der Waals surface area contributed by atoms with Crippen molar-refractivity contribution < 1.29 is 9.72 Å². The topological polar surface area (TPSA) is 97.2 Å². The molecule has 7 heteroatoms. The van der Waals surface area contributed by atoms with Crippen molar-refractivity contribution in [2.75, 3.05) is 18.9 Å². The predicted molar refractivity (Wildman–Crippen MR) is 81.4 cm³/mol. The molecule has 2 N–H and O–H groups in total. The molecule has 0 radical (unpaired) electrons. The van der Waals surface area contributed by atoms with E-state index in [1.165, 1.54) is 6.07 Å². The van der Waals surface area contributed by atoms with Crippen LogP contribution in [0.2, 0.25) is 0 Å². The fourth-order valence-electron chi connectivity index (χ4n) is 1.52. The summed E-state index contributed by atoms with van der Waals surface area (Å²) in [7, 11) is 1.64. The first-order valence-electron chi connectivity index (χ1n) is 6.79. The summed E-state index contributed by atoms with van der Waals surface area (Å²) in [6.07, 6.45) is 1.09. The highest BCUT2D eigenvalue weighted by Gasteiger charge is 2.26. The van der Waals surface area contributed by atoms with E-state index >= 15 is 0 Å². The zero-order chi connectivity index (χ0) is 16.2. The van der Waals surface area contributed by atoms with Gasteiger partial charge in [0, 0.05) is 19.7 Å². The number of hydrogen-bond donors (Lipinski definition) is 2. The number of amides is 1. The largest absolute Gasteiger partial charge is 0.373 e. The van der Waals surface area contributed by atoms with Crippen molar-refractivity contribution in [3.05, 3.63) is 27.9 Å². The monoisotopic (exact) mass is 294 g/mol. The van der Waals surface area contributed by atoms with E-state index < -0.39 is 10.8 Å². The highest BCUT2D eigenvalue weighted by Crippen LogP contribution is 2.25. The predicted octanol–water partition coefficient (Wildman–Crippen LogP) is 2.44. The van der Waals surface area contributed by atoms with Crippen molar-refractivity contribution >= 4 is 17.4 Å². The molecule has 0 aliphatic heterocycles. The SMILES string of the molecule is CNc1cc(C(=O)NCC(C)(C)C(C)C)c([N+](=O)[O-])cn1. The Hall–Kier alpha value is -2.18. The average Bonchev–Trinajstić information content (AvgIpc) is 2.43. The highest BCUT2D eigenvalue weighted by atomic mass is 16.6. The van der Waals surface area contributed by atoms with Gasteiger partial charge in [-0.05, 0) is 11.3 Å². The maximum atomic E-state index is 12.2. The lowest BCUT2D eigenvalue weighted by Gasteiger charge is -2.29. The Labute approximate surface area is 124 Å². The van der Waals surface area contributed by atoms with Gasteiger partial charge in [0.25, 0.3) is 11.6 Å². The quantitative estimate of drug-likeness (QED) is 0.620. The fourth-order valence-corrected chi connectivity index (χ4v) is 1.52. The van der Waals surface area contributed by atoms with Gasteiger partial charge in [-0.1, -0.05) is 27.7 Å². The van der Waals surface area contributed by atoms with E-state index in [0.29, 0.717) is 18.3 Å². The first-order valence-corrected chi connectivity index (χ1v) is 6.79. The second-order valence-electron chi connectivity index (χ2n) is 5.92. The number of carbonyl (C=O) groups excluding carboxylic acids is 1. The van der Waals surface area contributed by atoms with Gasteiger partial charge in [-0.15, -0.1) is 0 Å². The molecule has 0 bridgehead atoms. The number of anilines is 1. The molecule has 0 saturated heterocycles. The molecule has 21 heavy (non-hydrogen) atoms. The standard InChI is InChI=1S/C14H22N4O3/c1-9(2)14(3,4)8-17-13(19)10-6-12(15-5)16-7-11(10)18(20)21/h6-7,9H,8H2,1-5H3,(H,15,16)(H,17,19). The molecule has 1 aromatic rings. The minimum atomic E-state index is -0.602. The number of nitrogens with one attached hydrogen (secondary N) is 2. The van der Waals surface area contributed by atoms with Crippen LogP contribution in [0.15, 0.2) is 12.3 Å². The van der Waals surface area contributed by atoms with E-state index in [0.717, 1.165) is 6.20 Å². The van der Waals surface area contributed by atoms with E-state index in [1.807, 2.05) is 13.8 Å². The summed E-state index contributed by atoms with van der Waals surface area (Å²) in [5, 5.41) is 16.5. The van der Waals surface area contributed by atoms with Crippen molar-refractivity contribution in [3.8, 4) is 0 Å². The second kappa shape index (κ2) is 6.51. The summed E-state index contributed by atoms with van der Waals surface area (Å²) in [6.45, 7) is 8.66. The number of pyridine rings is 1. The molecule has 0 aliphatic carbocycles. The maximum Gasteiger partial charge on any atom is 0.300 e. The van der Waals surface area contributed by atoms with Crippen molar-refractivity contribution in [1.29, 1.82) is 0 Å². The maximum absolute atomic E-state index is 12.2. The molecule has 1 rings (SSSR count). The zero-order valence-corrected chi connectivity index (χ0v) is 13.1. The molecule has 1 heterocycles. The smallest absolute Gasteiger partial charge is 0.300 e. The molecule has 0 aliphatic rings. The number of aromatic nitrogens is 1. The van der Waals surface area contributed by atoms with Gasteiger partial charge in [0.15, 0.2) is 0 Å². The Bertz CT molecular complexity index is 541. The summed E-state index contributed by atoms with van der Waals surface area (Å²) in [5.41, 5.74) is -0.378. The molecular formula is C14H22N4O3. The number of nitro groups is 1. The van der Waals surface area contributed by atoms with Crippen LogP contribution in [0.4, 0.5) is 11.5 Å². The number of nitrogens with zero attached hydrogens (tertiary/aromatic N) is 2. The average molecular weight is 294 g/mol. The molecule has 0 atom stereocenters. The minimum Gasteiger partial charge on any atom is -0.373 e. The normalized spacial score (nSPS) is 11.3. The Balaban J connectivity index is 2.98. The van der Waals surface area contributed by atoms with Crippen LogP contribution in [0.25, 0.3) is 0 Å². The van der Waals surface area contributed by atoms with Crippen molar-refractivity contribution in [3.63, 3.8) is 0 Å². The minimum absolute atomic E-state index is 0.0129. The van der Waals surface area contributed by atoms with Gasteiger partial charge in [-0.2, -0.15) is 0 Å². The molecule has 0 aromatic carbocycles. The van der Waals surface area contributed by atoms with Crippen LogP contribution < -0.4 is 10.6 Å². The Kier molecular flexibility index (Phi) is 5.23. The van der Waals surface area contributed by atoms with E-state index in [9.17, 15) is 14.9 Å². The van der Waals surface area contributed by atoms with Crippen molar-refractivity contribution in [2.24, 2.45) is 11.3 Å². The lowest BCUT2D eigenvalue weighted by molar-refractivity contribution is -0.385. The molecule has 7 nitrogen and oxygen atoms in total. The Morgan fingerprint density at radius 2 is 2.10 bits per heavy atom. The van der Waals surface area contributed by atoms with Gasteiger partial charge in [-0.25, -0.2) is 4.98 Å². The summed E-state index contributed by atoms with van der Waals surface area (Å²) in [5.74, 6) is 0.321. The number of rotatable bonds is 6. The third kappa shape index (κ3) is 4.14. The summed E-state index contributed by atoms with van der Waals surface area (Å²) in [6, 6.07) is 1.38. The van der Waals surface area contributed by atoms with E-state index in [2.05, 4.69) is 29.5 Å². The van der Waals surface area contributed by atoms with Gasteiger partial charge < -0.3 is 10.6 Å². The van der Waals surface area contributed by atoms with E-state index in [-0.39, 0.29) is 16.7 Å². The van der Waals surface area contributed by atoms with Gasteiger partial charge in [0.1, 0.15) is 17.6 Å². The van der Waals surface area contributed by atoms with Crippen LogP contribution in [0, 0.1) is 21.4 Å². The van der Waals surface area contributed by atoms with Gasteiger partial charge in [0.05, 0.1) is 4.92 Å². The fraction of sp³-hybridized carbons (Fsp3) is 0.571. The van der Waals surface area contributed by atoms with E-state index in [1.54, 1.807) is 7.05 Å². The third-order valence-electron chi connectivity index (χ3n) is 3.85. The van der Waals surface area contributed by atoms with Crippen molar-refractivity contribution in [2.45, 2.75) is 27.7 Å². The first-order chi connectivity index (χ1) is 9.69. The van der Waals surface area contributed by atoms with Gasteiger partial charge in [-0.3, -0.25) is 14.9 Å². The van der Waals surface area contributed by atoms with Crippen LogP contribution in [0.1, 0.15) is 38.1 Å². The molecule has 1 amide bonds. The Morgan fingerprint density at radius 3 is 2.57 bits per heavy atom. The zero-order valence-electron chi connectivity index (χ0n) is 13.1. The lowest BCUT2D eigenvalue weighted by Crippen LogP contribution is -2.37. The van der Waals surface area contributed by atoms with Crippen LogP contribution in [-0.2, 0) is 0 Å². The summed E-state index contributed by atoms with van der Waals surface area (Å²) >= 11 is 0. The van der Waals surface area contributed by atoms with Crippen molar-refractivity contribution in [1.82, 2.24) is 10.3 Å². The highest BCUT2D eigenvalue weighted by molar-refractivity contribution is 5.98. The van der Waals surface area contributed by atoms with Gasteiger partial charge >= 0.3 is 0 Å². The van der Waals surface area contributed by atoms with Crippen LogP contribution in [0.3, 0.4) is 0 Å². The molecule has 0 saturated carbocycles. The molecule has 0 fully saturated rings. The van der Waals surface area contributed by atoms with Gasteiger partial charge in [0.2, 0.25) is 0 Å². The van der Waals surface area contributed by atoms with Crippen LogP contribution >= 0.6 is 0 Å². The summed E-state index contributed by atoms with van der Waals surface area (Å²) in [4.78, 5) is 26.5. The number of carbonyl (C=O) groups is 1. The van der Waals surface area contributed by atoms with Crippen LogP contribution in [-0.4, -0.2) is 29.4 Å². The van der Waals surface area contributed by atoms with E-state index in [4.69, 9.17) is 0 Å². The molecule has 116 valence electrons. The summed E-state index contributed by atoms with van der Waals surface area (Å²) < 4.78 is 0. The molecular weight excluding hydrogens is 272 g/mol. The van der Waals surface area contributed by atoms with Crippen LogP contribution in [0.5, 0.6) is 0 Å². The number of hydrogen-bond acceptors (Lipinski definition) is 5. The first kappa shape index (κ1) is 16.9. The Morgan fingerprint density at radius 1 is 1.48 bits per heavy atom. The molecule has 0 unspecified atom stereocenters. The second-order valence-corrected chi connectivity index (χ2v) is 5.92. The molecule has 0 spiro atoms. The third-order valence-corrected chi connectivity index (χ3v) is 3.85.